The van der Waals surface area contributed by atoms with Gasteiger partial charge in [0.1, 0.15) is 0 Å². The zero-order chi connectivity index (χ0) is 14.8. The van der Waals surface area contributed by atoms with Gasteiger partial charge in [-0.1, -0.05) is 11.6 Å². The van der Waals surface area contributed by atoms with E-state index < -0.39 is 12.7 Å². The van der Waals surface area contributed by atoms with Crippen LogP contribution in [0.1, 0.15) is 18.4 Å². The Hall–Kier alpha value is -1.01. The Morgan fingerprint density at radius 1 is 1.40 bits per heavy atom. The van der Waals surface area contributed by atoms with E-state index in [9.17, 15) is 13.2 Å². The maximum absolute atomic E-state index is 12.3. The molecule has 1 aliphatic heterocycles. The smallest absolute Gasteiger partial charge is 0.380 e. The van der Waals surface area contributed by atoms with Crippen LogP contribution in [0.25, 0.3) is 0 Å². The molecular weight excluding hydrogens is 291 g/mol. The molecule has 0 radical (unpaired) electrons. The molecule has 0 spiro atoms. The maximum Gasteiger partial charge on any atom is 0.401 e. The molecule has 3 nitrogen and oxygen atoms in total. The summed E-state index contributed by atoms with van der Waals surface area (Å²) in [5, 5.41) is 3.67. The van der Waals surface area contributed by atoms with E-state index in [1.807, 2.05) is 13.0 Å². The van der Waals surface area contributed by atoms with Crippen LogP contribution in [-0.2, 0) is 0 Å². The third-order valence-corrected chi connectivity index (χ3v) is 3.63. The number of alkyl halides is 3. The molecule has 0 amide bonds. The van der Waals surface area contributed by atoms with Gasteiger partial charge in [-0.25, -0.2) is 4.98 Å². The molecule has 0 unspecified atom stereocenters. The van der Waals surface area contributed by atoms with Crippen LogP contribution in [0.2, 0.25) is 5.15 Å². The summed E-state index contributed by atoms with van der Waals surface area (Å²) in [6, 6.07) is 2.04. The van der Waals surface area contributed by atoms with Crippen LogP contribution in [0, 0.1) is 6.92 Å². The number of aryl methyl sites for hydroxylation is 1. The van der Waals surface area contributed by atoms with E-state index in [2.05, 4.69) is 10.3 Å². The minimum atomic E-state index is -4.12. The van der Waals surface area contributed by atoms with E-state index in [1.165, 1.54) is 4.90 Å². The number of pyridine rings is 1. The van der Waals surface area contributed by atoms with Crippen molar-refractivity contribution in [2.24, 2.45) is 0 Å². The van der Waals surface area contributed by atoms with Gasteiger partial charge in [0.15, 0.2) is 5.15 Å². The van der Waals surface area contributed by atoms with Crippen molar-refractivity contribution >= 4 is 17.3 Å². The van der Waals surface area contributed by atoms with E-state index in [0.29, 0.717) is 31.1 Å². The number of nitrogens with zero attached hydrogens (tertiary/aromatic N) is 2. The average Bonchev–Trinajstić information content (AvgIpc) is 2.34. The normalized spacial score (nSPS) is 18.2. The molecule has 0 atom stereocenters. The Labute approximate surface area is 121 Å². The van der Waals surface area contributed by atoms with Gasteiger partial charge >= 0.3 is 6.18 Å². The van der Waals surface area contributed by atoms with Crippen molar-refractivity contribution in [2.45, 2.75) is 32.0 Å². The Morgan fingerprint density at radius 3 is 2.65 bits per heavy atom. The van der Waals surface area contributed by atoms with Crippen LogP contribution in [0.5, 0.6) is 0 Å². The van der Waals surface area contributed by atoms with E-state index in [-0.39, 0.29) is 6.04 Å². The molecule has 0 aromatic carbocycles. The maximum atomic E-state index is 12.3. The summed E-state index contributed by atoms with van der Waals surface area (Å²) in [6.07, 6.45) is -1.11. The van der Waals surface area contributed by atoms with Crippen LogP contribution in [0.3, 0.4) is 0 Å². The summed E-state index contributed by atoms with van der Waals surface area (Å²) in [6.45, 7) is 1.97. The number of anilines is 1. The number of hydrogen-bond donors (Lipinski definition) is 1. The van der Waals surface area contributed by atoms with Crippen molar-refractivity contribution in [1.29, 1.82) is 0 Å². The monoisotopic (exact) mass is 307 g/mol. The second-order valence-corrected chi connectivity index (χ2v) is 5.52. The average molecular weight is 308 g/mol. The van der Waals surface area contributed by atoms with Gasteiger partial charge in [0.05, 0.1) is 12.2 Å². The van der Waals surface area contributed by atoms with Crippen molar-refractivity contribution in [3.05, 3.63) is 23.0 Å². The first-order chi connectivity index (χ1) is 9.33. The fourth-order valence-corrected chi connectivity index (χ4v) is 2.52. The van der Waals surface area contributed by atoms with Gasteiger partial charge in [-0.15, -0.1) is 0 Å². The molecule has 0 saturated carbocycles. The highest BCUT2D eigenvalue weighted by Gasteiger charge is 2.32. The molecule has 1 aromatic rings. The molecular formula is C13H17ClF3N3. The summed E-state index contributed by atoms with van der Waals surface area (Å²) in [7, 11) is 0. The number of likely N-dealkylation sites (tertiary alicyclic amines) is 1. The summed E-state index contributed by atoms with van der Waals surface area (Å²) in [5.41, 5.74) is 1.74. The fraction of sp³-hybridized carbons (Fsp3) is 0.615. The number of halogens is 4. The van der Waals surface area contributed by atoms with Crippen LogP contribution in [0.4, 0.5) is 18.9 Å². The highest BCUT2D eigenvalue weighted by atomic mass is 35.5. The standard InChI is InChI=1S/C13H17ClF3N3/c1-9-6-11(12(14)18-7-9)19-10-2-4-20(5-3-10)8-13(15,16)17/h6-7,10,19H,2-5,8H2,1H3. The summed E-state index contributed by atoms with van der Waals surface area (Å²) < 4.78 is 36.9. The zero-order valence-electron chi connectivity index (χ0n) is 11.2. The fourth-order valence-electron chi connectivity index (χ4n) is 2.36. The third-order valence-electron chi connectivity index (χ3n) is 3.33. The van der Waals surface area contributed by atoms with Crippen molar-refractivity contribution in [2.75, 3.05) is 25.0 Å². The van der Waals surface area contributed by atoms with Crippen LogP contribution >= 0.6 is 11.6 Å². The van der Waals surface area contributed by atoms with Crippen LogP contribution in [-0.4, -0.2) is 41.7 Å². The predicted molar refractivity (Wildman–Crippen MR) is 73.1 cm³/mol. The highest BCUT2D eigenvalue weighted by molar-refractivity contribution is 6.31. The second kappa shape index (κ2) is 6.18. The molecule has 1 aromatic heterocycles. The molecule has 0 aliphatic carbocycles. The minimum absolute atomic E-state index is 0.139. The van der Waals surface area contributed by atoms with Gasteiger partial charge in [0.2, 0.25) is 0 Å². The van der Waals surface area contributed by atoms with Crippen molar-refractivity contribution in [3.63, 3.8) is 0 Å². The molecule has 20 heavy (non-hydrogen) atoms. The Kier molecular flexibility index (Phi) is 4.75. The molecule has 1 aliphatic rings. The van der Waals surface area contributed by atoms with E-state index in [4.69, 9.17) is 11.6 Å². The number of rotatable bonds is 3. The van der Waals surface area contributed by atoms with Crippen molar-refractivity contribution in [1.82, 2.24) is 9.88 Å². The molecule has 112 valence electrons. The van der Waals surface area contributed by atoms with Gasteiger partial charge in [0.25, 0.3) is 0 Å². The molecule has 1 N–H and O–H groups in total. The number of nitrogens with one attached hydrogen (secondary N) is 1. The number of aromatic nitrogens is 1. The van der Waals surface area contributed by atoms with E-state index in [1.54, 1.807) is 6.20 Å². The quantitative estimate of drug-likeness (QED) is 0.867. The lowest BCUT2D eigenvalue weighted by Gasteiger charge is -2.33. The highest BCUT2D eigenvalue weighted by Crippen LogP contribution is 2.25. The van der Waals surface area contributed by atoms with Gasteiger partial charge in [-0.3, -0.25) is 4.90 Å². The number of piperidine rings is 1. The lowest BCUT2D eigenvalue weighted by Crippen LogP contribution is -2.43. The Bertz CT molecular complexity index is 457. The Morgan fingerprint density at radius 2 is 2.05 bits per heavy atom. The van der Waals surface area contributed by atoms with Gasteiger partial charge in [-0.05, 0) is 31.4 Å². The predicted octanol–water partition coefficient (Wildman–Crippen LogP) is 3.48. The van der Waals surface area contributed by atoms with Crippen molar-refractivity contribution in [3.8, 4) is 0 Å². The van der Waals surface area contributed by atoms with Gasteiger partial charge in [0, 0.05) is 25.3 Å². The van der Waals surface area contributed by atoms with Crippen LogP contribution < -0.4 is 5.32 Å². The van der Waals surface area contributed by atoms with Gasteiger partial charge in [-0.2, -0.15) is 13.2 Å². The van der Waals surface area contributed by atoms with Crippen LogP contribution in [0.15, 0.2) is 12.3 Å². The largest absolute Gasteiger partial charge is 0.401 e. The second-order valence-electron chi connectivity index (χ2n) is 5.16. The van der Waals surface area contributed by atoms with Crippen molar-refractivity contribution < 1.29 is 13.2 Å². The van der Waals surface area contributed by atoms with Gasteiger partial charge < -0.3 is 5.32 Å². The lowest BCUT2D eigenvalue weighted by atomic mass is 10.0. The van der Waals surface area contributed by atoms with E-state index in [0.717, 1.165) is 11.3 Å². The first-order valence-corrected chi connectivity index (χ1v) is 6.89. The zero-order valence-corrected chi connectivity index (χ0v) is 11.9. The molecule has 1 fully saturated rings. The molecule has 1 saturated heterocycles. The third kappa shape index (κ3) is 4.52. The SMILES string of the molecule is Cc1cnc(Cl)c(NC2CCN(CC(F)(F)F)CC2)c1. The molecule has 2 heterocycles. The van der Waals surface area contributed by atoms with E-state index >= 15 is 0 Å². The summed E-state index contributed by atoms with van der Waals surface area (Å²) in [4.78, 5) is 5.49. The lowest BCUT2D eigenvalue weighted by molar-refractivity contribution is -0.147. The first-order valence-electron chi connectivity index (χ1n) is 6.51. The Balaban J connectivity index is 1.87. The number of hydrogen-bond acceptors (Lipinski definition) is 3. The molecule has 2 rings (SSSR count). The topological polar surface area (TPSA) is 28.2 Å². The summed E-state index contributed by atoms with van der Waals surface area (Å²) >= 11 is 6.00. The molecule has 0 bridgehead atoms. The first kappa shape index (κ1) is 15.4. The minimum Gasteiger partial charge on any atom is -0.380 e. The molecule has 7 heteroatoms. The summed E-state index contributed by atoms with van der Waals surface area (Å²) in [5.74, 6) is 0.